The highest BCUT2D eigenvalue weighted by Crippen LogP contribution is 2.04. The molecule has 2 N–H and O–H groups in total. The number of ether oxygens (including phenoxy) is 1. The Morgan fingerprint density at radius 1 is 1.39 bits per heavy atom. The van der Waals surface area contributed by atoms with Crippen LogP contribution >= 0.6 is 0 Å². The molecule has 2 rings (SSSR count). The first-order valence-electron chi connectivity index (χ1n) is 6.13. The third kappa shape index (κ3) is 3.70. The fraction of sp³-hybridized carbons (Fsp3) is 0.462. The third-order valence-electron chi connectivity index (χ3n) is 2.90. The molecule has 0 atom stereocenters. The Labute approximate surface area is 106 Å². The van der Waals surface area contributed by atoms with E-state index in [4.69, 9.17) is 10.5 Å². The van der Waals surface area contributed by atoms with E-state index in [1.807, 2.05) is 11.0 Å². The molecule has 5 heteroatoms. The highest BCUT2D eigenvalue weighted by molar-refractivity contribution is 5.78. The van der Waals surface area contributed by atoms with Gasteiger partial charge in [0.05, 0.1) is 13.2 Å². The SMILES string of the molecule is NC(=NCCc1cccc(F)c1)N1CCOCC1. The fourth-order valence-corrected chi connectivity index (χ4v) is 1.88. The van der Waals surface area contributed by atoms with Crippen molar-refractivity contribution in [1.29, 1.82) is 0 Å². The normalized spacial score (nSPS) is 16.9. The maximum Gasteiger partial charge on any atom is 0.191 e. The van der Waals surface area contributed by atoms with Crippen molar-refractivity contribution in [2.45, 2.75) is 6.42 Å². The molecule has 0 amide bonds. The predicted octanol–water partition coefficient (Wildman–Crippen LogP) is 1.02. The summed E-state index contributed by atoms with van der Waals surface area (Å²) in [6.07, 6.45) is 0.697. The van der Waals surface area contributed by atoms with Crippen LogP contribution in [0.3, 0.4) is 0 Å². The number of halogens is 1. The van der Waals surface area contributed by atoms with Crippen LogP contribution in [0.5, 0.6) is 0 Å². The smallest absolute Gasteiger partial charge is 0.191 e. The molecule has 1 aliphatic heterocycles. The molecule has 0 unspecified atom stereocenters. The van der Waals surface area contributed by atoms with Crippen molar-refractivity contribution in [3.05, 3.63) is 35.6 Å². The molecule has 18 heavy (non-hydrogen) atoms. The summed E-state index contributed by atoms with van der Waals surface area (Å²) in [6, 6.07) is 6.57. The van der Waals surface area contributed by atoms with Crippen LogP contribution in [-0.4, -0.2) is 43.7 Å². The van der Waals surface area contributed by atoms with Gasteiger partial charge in [0.1, 0.15) is 5.82 Å². The first-order valence-corrected chi connectivity index (χ1v) is 6.13. The summed E-state index contributed by atoms with van der Waals surface area (Å²) in [5.41, 5.74) is 6.83. The number of benzene rings is 1. The molecule has 0 radical (unpaired) electrons. The Morgan fingerprint density at radius 2 is 2.17 bits per heavy atom. The minimum absolute atomic E-state index is 0.211. The highest BCUT2D eigenvalue weighted by Gasteiger charge is 2.11. The van der Waals surface area contributed by atoms with Crippen molar-refractivity contribution in [2.24, 2.45) is 10.7 Å². The van der Waals surface area contributed by atoms with Gasteiger partial charge < -0.3 is 15.4 Å². The van der Waals surface area contributed by atoms with Crippen molar-refractivity contribution < 1.29 is 9.13 Å². The third-order valence-corrected chi connectivity index (χ3v) is 2.90. The van der Waals surface area contributed by atoms with Gasteiger partial charge in [-0.2, -0.15) is 0 Å². The van der Waals surface area contributed by atoms with Gasteiger partial charge in [-0.3, -0.25) is 4.99 Å². The molecule has 0 bridgehead atoms. The molecule has 98 valence electrons. The number of aliphatic imine (C=N–C) groups is 1. The Morgan fingerprint density at radius 3 is 2.89 bits per heavy atom. The van der Waals surface area contributed by atoms with Crippen molar-refractivity contribution in [2.75, 3.05) is 32.8 Å². The average Bonchev–Trinajstić information content (AvgIpc) is 2.40. The largest absolute Gasteiger partial charge is 0.378 e. The average molecular weight is 251 g/mol. The van der Waals surface area contributed by atoms with E-state index in [-0.39, 0.29) is 5.82 Å². The monoisotopic (exact) mass is 251 g/mol. The van der Waals surface area contributed by atoms with Crippen LogP contribution < -0.4 is 5.73 Å². The molecule has 1 saturated heterocycles. The zero-order valence-corrected chi connectivity index (χ0v) is 10.3. The van der Waals surface area contributed by atoms with Crippen LogP contribution in [0.15, 0.2) is 29.3 Å². The first kappa shape index (κ1) is 12.8. The number of nitrogens with two attached hydrogens (primary N) is 1. The van der Waals surface area contributed by atoms with E-state index in [0.29, 0.717) is 32.1 Å². The zero-order valence-electron chi connectivity index (χ0n) is 10.3. The van der Waals surface area contributed by atoms with Crippen LogP contribution in [0.1, 0.15) is 5.56 Å². The number of hydrogen-bond acceptors (Lipinski definition) is 2. The van der Waals surface area contributed by atoms with Crippen molar-refractivity contribution in [1.82, 2.24) is 4.90 Å². The van der Waals surface area contributed by atoms with E-state index in [1.165, 1.54) is 12.1 Å². The van der Waals surface area contributed by atoms with E-state index in [2.05, 4.69) is 4.99 Å². The van der Waals surface area contributed by atoms with Gasteiger partial charge in [-0.1, -0.05) is 12.1 Å². The highest BCUT2D eigenvalue weighted by atomic mass is 19.1. The Balaban J connectivity index is 1.83. The maximum absolute atomic E-state index is 13.0. The summed E-state index contributed by atoms with van der Waals surface area (Å²) in [6.45, 7) is 3.54. The molecule has 1 aliphatic rings. The molecule has 0 saturated carbocycles. The lowest BCUT2D eigenvalue weighted by atomic mass is 10.1. The lowest BCUT2D eigenvalue weighted by molar-refractivity contribution is 0.0674. The molecular formula is C13H18FN3O. The Hall–Kier alpha value is -1.62. The number of nitrogens with zero attached hydrogens (tertiary/aromatic N) is 2. The summed E-state index contributed by atoms with van der Waals surface area (Å²) in [5.74, 6) is 0.340. The van der Waals surface area contributed by atoms with Gasteiger partial charge in [0, 0.05) is 19.6 Å². The van der Waals surface area contributed by atoms with Crippen LogP contribution in [0.4, 0.5) is 4.39 Å². The van der Waals surface area contributed by atoms with Crippen LogP contribution in [0, 0.1) is 5.82 Å². The van der Waals surface area contributed by atoms with E-state index >= 15 is 0 Å². The number of rotatable bonds is 3. The van der Waals surface area contributed by atoms with Gasteiger partial charge in [0.2, 0.25) is 0 Å². The van der Waals surface area contributed by atoms with Crippen LogP contribution in [0.25, 0.3) is 0 Å². The van der Waals surface area contributed by atoms with Gasteiger partial charge >= 0.3 is 0 Å². The van der Waals surface area contributed by atoms with E-state index < -0.39 is 0 Å². The molecule has 1 heterocycles. The van der Waals surface area contributed by atoms with Gasteiger partial charge in [-0.05, 0) is 24.1 Å². The lowest BCUT2D eigenvalue weighted by Gasteiger charge is -2.27. The molecule has 1 aromatic rings. The van der Waals surface area contributed by atoms with E-state index in [9.17, 15) is 4.39 Å². The molecule has 4 nitrogen and oxygen atoms in total. The summed E-state index contributed by atoms with van der Waals surface area (Å²) in [5, 5.41) is 0. The van der Waals surface area contributed by atoms with Gasteiger partial charge in [-0.15, -0.1) is 0 Å². The zero-order chi connectivity index (χ0) is 12.8. The maximum atomic E-state index is 13.0. The Kier molecular flexibility index (Phi) is 4.52. The van der Waals surface area contributed by atoms with E-state index in [0.717, 1.165) is 18.7 Å². The molecule has 0 spiro atoms. The first-order chi connectivity index (χ1) is 8.75. The summed E-state index contributed by atoms with van der Waals surface area (Å²) < 4.78 is 18.2. The molecule has 1 fully saturated rings. The minimum Gasteiger partial charge on any atom is -0.378 e. The van der Waals surface area contributed by atoms with Crippen molar-refractivity contribution in [3.63, 3.8) is 0 Å². The van der Waals surface area contributed by atoms with Gasteiger partial charge in [0.25, 0.3) is 0 Å². The number of morpholine rings is 1. The fourth-order valence-electron chi connectivity index (χ4n) is 1.88. The van der Waals surface area contributed by atoms with Crippen LogP contribution in [-0.2, 0) is 11.2 Å². The van der Waals surface area contributed by atoms with Crippen LogP contribution in [0.2, 0.25) is 0 Å². The molecule has 0 aliphatic carbocycles. The summed E-state index contributed by atoms with van der Waals surface area (Å²) in [7, 11) is 0. The standard InChI is InChI=1S/C13H18FN3O/c14-12-3-1-2-11(10-12)4-5-16-13(15)17-6-8-18-9-7-17/h1-3,10H,4-9H2,(H2,15,16). The molecular weight excluding hydrogens is 233 g/mol. The topological polar surface area (TPSA) is 50.8 Å². The Bertz CT molecular complexity index is 416. The lowest BCUT2D eigenvalue weighted by Crippen LogP contribution is -2.44. The quantitative estimate of drug-likeness (QED) is 0.644. The molecule has 1 aromatic carbocycles. The van der Waals surface area contributed by atoms with Gasteiger partial charge in [-0.25, -0.2) is 4.39 Å². The summed E-state index contributed by atoms with van der Waals surface area (Å²) in [4.78, 5) is 6.32. The minimum atomic E-state index is -0.211. The van der Waals surface area contributed by atoms with Crippen molar-refractivity contribution in [3.8, 4) is 0 Å². The van der Waals surface area contributed by atoms with Gasteiger partial charge in [0.15, 0.2) is 5.96 Å². The summed E-state index contributed by atoms with van der Waals surface area (Å²) >= 11 is 0. The predicted molar refractivity (Wildman–Crippen MR) is 69.0 cm³/mol. The molecule has 0 aromatic heterocycles. The second-order valence-electron chi connectivity index (χ2n) is 4.22. The number of hydrogen-bond donors (Lipinski definition) is 1. The van der Waals surface area contributed by atoms with E-state index in [1.54, 1.807) is 6.07 Å². The second kappa shape index (κ2) is 6.35. The second-order valence-corrected chi connectivity index (χ2v) is 4.22. The van der Waals surface area contributed by atoms with Crippen molar-refractivity contribution >= 4 is 5.96 Å². The number of guanidine groups is 1.